The van der Waals surface area contributed by atoms with Crippen molar-refractivity contribution in [2.24, 2.45) is 0 Å². The molecule has 0 bridgehead atoms. The highest BCUT2D eigenvalue weighted by Crippen LogP contribution is 2.28. The van der Waals surface area contributed by atoms with Gasteiger partial charge < -0.3 is 25.2 Å². The first-order valence-electron chi connectivity index (χ1n) is 7.09. The van der Waals surface area contributed by atoms with Gasteiger partial charge in [-0.15, -0.1) is 0 Å². The van der Waals surface area contributed by atoms with E-state index in [4.69, 9.17) is 15.2 Å². The molecule has 2 rings (SSSR count). The second-order valence-corrected chi connectivity index (χ2v) is 5.16. The molecular formula is C15H24N2O3. The number of hydrogen-bond acceptors (Lipinski definition) is 5. The van der Waals surface area contributed by atoms with Gasteiger partial charge in [0.25, 0.3) is 0 Å². The topological polar surface area (TPSA) is 68.0 Å². The predicted molar refractivity (Wildman–Crippen MR) is 80.1 cm³/mol. The molecule has 0 aromatic heterocycles. The van der Waals surface area contributed by atoms with Gasteiger partial charge in [0.1, 0.15) is 0 Å². The van der Waals surface area contributed by atoms with Crippen LogP contribution in [-0.4, -0.2) is 51.2 Å². The summed E-state index contributed by atoms with van der Waals surface area (Å²) >= 11 is 0. The van der Waals surface area contributed by atoms with E-state index in [2.05, 4.69) is 4.90 Å². The van der Waals surface area contributed by atoms with E-state index in [9.17, 15) is 5.11 Å². The Kier molecular flexibility index (Phi) is 5.64. The number of aryl methyl sites for hydroxylation is 1. The van der Waals surface area contributed by atoms with Crippen LogP contribution < -0.4 is 10.6 Å². The highest BCUT2D eigenvalue weighted by molar-refractivity contribution is 5.61. The normalized spacial score (nSPS) is 16.0. The van der Waals surface area contributed by atoms with Crippen LogP contribution in [0.2, 0.25) is 0 Å². The SMILES string of the molecule is COCCOCC(O)CN1CCCc2cc(N)ccc21. The molecule has 1 aromatic rings. The molecule has 0 saturated heterocycles. The molecule has 0 fully saturated rings. The van der Waals surface area contributed by atoms with Crippen molar-refractivity contribution in [1.29, 1.82) is 0 Å². The number of aliphatic hydroxyl groups excluding tert-OH is 1. The van der Waals surface area contributed by atoms with Crippen LogP contribution in [0, 0.1) is 0 Å². The molecule has 5 heteroatoms. The number of nitrogen functional groups attached to an aromatic ring is 1. The van der Waals surface area contributed by atoms with Crippen LogP contribution in [0.15, 0.2) is 18.2 Å². The van der Waals surface area contributed by atoms with Gasteiger partial charge in [0.15, 0.2) is 0 Å². The third-order valence-electron chi connectivity index (χ3n) is 3.49. The molecule has 1 aliphatic heterocycles. The molecule has 0 spiro atoms. The van der Waals surface area contributed by atoms with Crippen LogP contribution in [-0.2, 0) is 15.9 Å². The first-order chi connectivity index (χ1) is 9.70. The molecule has 3 N–H and O–H groups in total. The molecule has 1 aliphatic rings. The van der Waals surface area contributed by atoms with E-state index < -0.39 is 6.10 Å². The van der Waals surface area contributed by atoms with Crippen LogP contribution in [0.4, 0.5) is 11.4 Å². The Morgan fingerprint density at radius 2 is 2.25 bits per heavy atom. The summed E-state index contributed by atoms with van der Waals surface area (Å²) in [6, 6.07) is 5.99. The van der Waals surface area contributed by atoms with Gasteiger partial charge in [-0.2, -0.15) is 0 Å². The highest BCUT2D eigenvalue weighted by atomic mass is 16.5. The van der Waals surface area contributed by atoms with Crippen molar-refractivity contribution in [3.05, 3.63) is 23.8 Å². The van der Waals surface area contributed by atoms with Crippen LogP contribution in [0.1, 0.15) is 12.0 Å². The number of β-amino-alcohol motifs (C(OH)–C–C–N with tert-alkyl or cyclic N) is 1. The Hall–Kier alpha value is -1.30. The third kappa shape index (κ3) is 4.10. The summed E-state index contributed by atoms with van der Waals surface area (Å²) in [5.74, 6) is 0. The van der Waals surface area contributed by atoms with E-state index in [-0.39, 0.29) is 0 Å². The molecule has 1 unspecified atom stereocenters. The Morgan fingerprint density at radius 1 is 1.40 bits per heavy atom. The summed E-state index contributed by atoms with van der Waals surface area (Å²) in [5.41, 5.74) is 9.07. The lowest BCUT2D eigenvalue weighted by molar-refractivity contribution is 0.0160. The lowest BCUT2D eigenvalue weighted by Crippen LogP contribution is -2.38. The first kappa shape index (κ1) is 15.1. The molecule has 20 heavy (non-hydrogen) atoms. The smallest absolute Gasteiger partial charge is 0.0948 e. The van der Waals surface area contributed by atoms with Gasteiger partial charge in [-0.25, -0.2) is 0 Å². The van der Waals surface area contributed by atoms with Crippen molar-refractivity contribution in [2.75, 3.05) is 50.7 Å². The van der Waals surface area contributed by atoms with Gasteiger partial charge in [0, 0.05) is 31.6 Å². The van der Waals surface area contributed by atoms with E-state index in [1.807, 2.05) is 18.2 Å². The fourth-order valence-corrected chi connectivity index (χ4v) is 2.55. The summed E-state index contributed by atoms with van der Waals surface area (Å²) in [7, 11) is 1.64. The predicted octanol–water partition coefficient (Wildman–Crippen LogP) is 1.05. The van der Waals surface area contributed by atoms with E-state index >= 15 is 0 Å². The standard InChI is InChI=1S/C15H24N2O3/c1-19-7-8-20-11-14(18)10-17-6-2-3-12-9-13(16)4-5-15(12)17/h4-5,9,14,18H,2-3,6-8,10-11,16H2,1H3. The fourth-order valence-electron chi connectivity index (χ4n) is 2.55. The molecule has 5 nitrogen and oxygen atoms in total. The Labute approximate surface area is 120 Å². The maximum Gasteiger partial charge on any atom is 0.0948 e. The summed E-state index contributed by atoms with van der Waals surface area (Å²) in [4.78, 5) is 2.21. The van der Waals surface area contributed by atoms with Crippen molar-refractivity contribution in [3.8, 4) is 0 Å². The zero-order chi connectivity index (χ0) is 14.4. The summed E-state index contributed by atoms with van der Waals surface area (Å²) < 4.78 is 10.3. The second-order valence-electron chi connectivity index (χ2n) is 5.16. The van der Waals surface area contributed by atoms with E-state index in [0.717, 1.165) is 25.1 Å². The van der Waals surface area contributed by atoms with Gasteiger partial charge in [-0.1, -0.05) is 0 Å². The maximum atomic E-state index is 10.0. The maximum absolute atomic E-state index is 10.0. The quantitative estimate of drug-likeness (QED) is 0.577. The third-order valence-corrected chi connectivity index (χ3v) is 3.49. The second kappa shape index (κ2) is 7.47. The number of methoxy groups -OCH3 is 1. The van der Waals surface area contributed by atoms with Gasteiger partial charge in [-0.3, -0.25) is 0 Å². The summed E-state index contributed by atoms with van der Waals surface area (Å²) in [6.45, 7) is 2.96. The molecular weight excluding hydrogens is 256 g/mol. The van der Waals surface area contributed by atoms with Crippen LogP contribution in [0.5, 0.6) is 0 Å². The molecule has 0 amide bonds. The lowest BCUT2D eigenvalue weighted by Gasteiger charge is -2.33. The molecule has 112 valence electrons. The van der Waals surface area contributed by atoms with Crippen molar-refractivity contribution >= 4 is 11.4 Å². The Balaban J connectivity index is 1.88. The molecule has 0 aliphatic carbocycles. The fraction of sp³-hybridized carbons (Fsp3) is 0.600. The monoisotopic (exact) mass is 280 g/mol. The van der Waals surface area contributed by atoms with Crippen molar-refractivity contribution < 1.29 is 14.6 Å². The number of nitrogens with zero attached hydrogens (tertiary/aromatic N) is 1. The first-order valence-corrected chi connectivity index (χ1v) is 7.09. The largest absolute Gasteiger partial charge is 0.399 e. The lowest BCUT2D eigenvalue weighted by atomic mass is 10.0. The van der Waals surface area contributed by atoms with Crippen LogP contribution in [0.25, 0.3) is 0 Å². The molecule has 0 radical (unpaired) electrons. The minimum absolute atomic E-state index is 0.337. The van der Waals surface area contributed by atoms with E-state index in [0.29, 0.717) is 26.4 Å². The summed E-state index contributed by atoms with van der Waals surface area (Å²) in [5, 5.41) is 10.0. The van der Waals surface area contributed by atoms with Crippen LogP contribution >= 0.6 is 0 Å². The highest BCUT2D eigenvalue weighted by Gasteiger charge is 2.19. The number of rotatable bonds is 7. The van der Waals surface area contributed by atoms with Gasteiger partial charge in [-0.05, 0) is 36.6 Å². The number of aliphatic hydroxyl groups is 1. The number of hydrogen-bond donors (Lipinski definition) is 2. The van der Waals surface area contributed by atoms with Crippen LogP contribution in [0.3, 0.4) is 0 Å². The van der Waals surface area contributed by atoms with E-state index in [1.165, 1.54) is 11.3 Å². The summed E-state index contributed by atoms with van der Waals surface area (Å²) in [6.07, 6.45) is 1.65. The Bertz CT molecular complexity index is 426. The van der Waals surface area contributed by atoms with Gasteiger partial charge in [0.05, 0.1) is 25.9 Å². The van der Waals surface area contributed by atoms with Gasteiger partial charge in [0.2, 0.25) is 0 Å². The van der Waals surface area contributed by atoms with Crippen molar-refractivity contribution in [1.82, 2.24) is 0 Å². The minimum atomic E-state index is -0.490. The number of benzene rings is 1. The average Bonchev–Trinajstić information content (AvgIpc) is 2.43. The number of fused-ring (bicyclic) bond motifs is 1. The number of ether oxygens (including phenoxy) is 2. The molecule has 1 atom stereocenters. The number of anilines is 2. The van der Waals surface area contributed by atoms with Crippen molar-refractivity contribution in [3.63, 3.8) is 0 Å². The zero-order valence-corrected chi connectivity index (χ0v) is 12.0. The Morgan fingerprint density at radius 3 is 3.05 bits per heavy atom. The van der Waals surface area contributed by atoms with Crippen molar-refractivity contribution in [2.45, 2.75) is 18.9 Å². The van der Waals surface area contributed by atoms with Gasteiger partial charge >= 0.3 is 0 Å². The molecule has 1 heterocycles. The minimum Gasteiger partial charge on any atom is -0.399 e. The van der Waals surface area contributed by atoms with E-state index in [1.54, 1.807) is 7.11 Å². The molecule has 0 saturated carbocycles. The number of nitrogens with two attached hydrogens (primary N) is 1. The zero-order valence-electron chi connectivity index (χ0n) is 12.0. The average molecular weight is 280 g/mol. The molecule has 1 aromatic carbocycles.